The Balaban J connectivity index is 2.48. The van der Waals surface area contributed by atoms with Gasteiger partial charge in [0.25, 0.3) is 0 Å². The summed E-state index contributed by atoms with van der Waals surface area (Å²) >= 11 is 0. The monoisotopic (exact) mass is 360 g/mol. The molecule has 0 unspecified atom stereocenters. The van der Waals surface area contributed by atoms with Crippen LogP contribution >= 0.6 is 0 Å². The summed E-state index contributed by atoms with van der Waals surface area (Å²) in [6.45, 7) is 0. The molecule has 0 radical (unpaired) electrons. The molecule has 0 atom stereocenters. The summed E-state index contributed by atoms with van der Waals surface area (Å²) in [6.07, 6.45) is -7.91. The molecule has 1 N–H and O–H groups in total. The molecule has 0 aliphatic heterocycles. The minimum absolute atomic E-state index is 0.0634. The average molecular weight is 360 g/mol. The smallest absolute Gasteiger partial charge is 0.417 e. The topological polar surface area (TPSA) is 37.3 Å². The van der Waals surface area contributed by atoms with Crippen LogP contribution < -0.4 is 0 Å². The average Bonchev–Trinajstić information content (AvgIpc) is 2.51. The molecule has 0 spiro atoms. The largest absolute Gasteiger partial charge is 0.478 e. The van der Waals surface area contributed by atoms with Crippen LogP contribution in [0.1, 0.15) is 16.7 Å². The fraction of sp³-hybridized carbons (Fsp3) is 0.118. The first-order valence-electron chi connectivity index (χ1n) is 6.78. The summed E-state index contributed by atoms with van der Waals surface area (Å²) in [5.74, 6) is -1.40. The third kappa shape index (κ3) is 4.62. The molecule has 132 valence electrons. The number of carboxylic acid groups (broad SMARTS) is 1. The number of carboxylic acids is 1. The Kier molecular flexibility index (Phi) is 4.92. The van der Waals surface area contributed by atoms with Gasteiger partial charge in [0.15, 0.2) is 0 Å². The molecule has 0 saturated heterocycles. The molecule has 8 heteroatoms. The van der Waals surface area contributed by atoms with E-state index in [0.717, 1.165) is 42.5 Å². The van der Waals surface area contributed by atoms with Crippen LogP contribution in [-0.4, -0.2) is 11.1 Å². The Morgan fingerprint density at radius 2 is 1.40 bits per heavy atom. The Bertz CT molecular complexity index is 801. The highest BCUT2D eigenvalue weighted by atomic mass is 19.4. The Morgan fingerprint density at radius 3 is 1.88 bits per heavy atom. The predicted molar refractivity (Wildman–Crippen MR) is 78.6 cm³/mol. The van der Waals surface area contributed by atoms with Crippen molar-refractivity contribution >= 4 is 12.0 Å². The van der Waals surface area contributed by atoms with Crippen LogP contribution in [-0.2, 0) is 17.1 Å². The van der Waals surface area contributed by atoms with E-state index in [4.69, 9.17) is 5.11 Å². The third-order valence-electron chi connectivity index (χ3n) is 3.31. The van der Waals surface area contributed by atoms with Crippen LogP contribution in [0.3, 0.4) is 0 Å². The maximum Gasteiger partial charge on any atom is 0.417 e. The number of carbonyl (C=O) groups is 1. The molecule has 0 fully saturated rings. The first-order chi connectivity index (χ1) is 11.5. The molecular weight excluding hydrogens is 350 g/mol. The van der Waals surface area contributed by atoms with Gasteiger partial charge in [0.1, 0.15) is 0 Å². The van der Waals surface area contributed by atoms with E-state index in [0.29, 0.717) is 6.08 Å². The van der Waals surface area contributed by atoms with Crippen LogP contribution in [0.4, 0.5) is 26.3 Å². The van der Waals surface area contributed by atoms with Gasteiger partial charge in [-0.3, -0.25) is 0 Å². The van der Waals surface area contributed by atoms with Gasteiger partial charge in [-0.1, -0.05) is 24.3 Å². The fourth-order valence-corrected chi connectivity index (χ4v) is 2.14. The molecule has 2 rings (SSSR count). The highest BCUT2D eigenvalue weighted by Gasteiger charge is 2.33. The lowest BCUT2D eigenvalue weighted by Crippen LogP contribution is -2.08. The second kappa shape index (κ2) is 6.62. The SMILES string of the molecule is O=C(O)/C=C/c1ccc(-c2ccc(C(F)(F)F)cc2)cc1C(F)(F)F. The second-order valence-electron chi connectivity index (χ2n) is 5.05. The highest BCUT2D eigenvalue weighted by molar-refractivity contribution is 5.86. The van der Waals surface area contributed by atoms with Gasteiger partial charge in [0.2, 0.25) is 0 Å². The Labute approximate surface area is 138 Å². The van der Waals surface area contributed by atoms with E-state index >= 15 is 0 Å². The van der Waals surface area contributed by atoms with E-state index in [9.17, 15) is 31.1 Å². The van der Waals surface area contributed by atoms with E-state index in [2.05, 4.69) is 0 Å². The van der Waals surface area contributed by atoms with Crippen LogP contribution in [0, 0.1) is 0 Å². The van der Waals surface area contributed by atoms with Crippen LogP contribution in [0.2, 0.25) is 0 Å². The third-order valence-corrected chi connectivity index (χ3v) is 3.31. The van der Waals surface area contributed by atoms with Crippen molar-refractivity contribution in [2.24, 2.45) is 0 Å². The number of hydrogen-bond donors (Lipinski definition) is 1. The quantitative estimate of drug-likeness (QED) is 0.581. The molecular formula is C17H10F6O2. The van der Waals surface area contributed by atoms with Crippen LogP contribution in [0.5, 0.6) is 0 Å². The zero-order valence-electron chi connectivity index (χ0n) is 12.3. The highest BCUT2D eigenvalue weighted by Crippen LogP contribution is 2.36. The van der Waals surface area contributed by atoms with E-state index in [1.165, 1.54) is 6.07 Å². The van der Waals surface area contributed by atoms with Crippen molar-refractivity contribution in [3.05, 3.63) is 65.2 Å². The normalized spacial score (nSPS) is 12.6. The molecule has 0 bridgehead atoms. The lowest BCUT2D eigenvalue weighted by Gasteiger charge is -2.13. The molecule has 0 saturated carbocycles. The maximum atomic E-state index is 13.2. The molecule has 2 nitrogen and oxygen atoms in total. The van der Waals surface area contributed by atoms with Gasteiger partial charge in [0, 0.05) is 6.08 Å². The Hall–Kier alpha value is -2.77. The summed E-state index contributed by atoms with van der Waals surface area (Å²) in [5, 5.41) is 8.53. The summed E-state index contributed by atoms with van der Waals surface area (Å²) in [4.78, 5) is 10.5. The number of rotatable bonds is 3. The van der Waals surface area contributed by atoms with Gasteiger partial charge in [0.05, 0.1) is 11.1 Å². The van der Waals surface area contributed by atoms with Gasteiger partial charge < -0.3 is 5.11 Å². The molecule has 0 amide bonds. The first-order valence-corrected chi connectivity index (χ1v) is 6.78. The minimum atomic E-state index is -4.75. The zero-order valence-corrected chi connectivity index (χ0v) is 12.3. The van der Waals surface area contributed by atoms with Crippen molar-refractivity contribution in [3.63, 3.8) is 0 Å². The maximum absolute atomic E-state index is 13.2. The zero-order chi connectivity index (χ0) is 18.8. The van der Waals surface area contributed by atoms with Crippen LogP contribution in [0.25, 0.3) is 17.2 Å². The first kappa shape index (κ1) is 18.6. The Morgan fingerprint density at radius 1 is 0.840 bits per heavy atom. The molecule has 0 aromatic heterocycles. The van der Waals surface area contributed by atoms with Gasteiger partial charge >= 0.3 is 18.3 Å². The second-order valence-corrected chi connectivity index (χ2v) is 5.05. The van der Waals surface area contributed by atoms with Crippen LogP contribution in [0.15, 0.2) is 48.5 Å². The number of alkyl halides is 6. The lowest BCUT2D eigenvalue weighted by atomic mass is 9.97. The molecule has 2 aromatic rings. The molecule has 2 aromatic carbocycles. The van der Waals surface area contributed by atoms with Gasteiger partial charge in [-0.25, -0.2) is 4.79 Å². The predicted octanol–water partition coefficient (Wildman–Crippen LogP) is 5.49. The number of halogens is 6. The van der Waals surface area contributed by atoms with Gasteiger partial charge in [-0.15, -0.1) is 0 Å². The van der Waals surface area contributed by atoms with Gasteiger partial charge in [-0.05, 0) is 41.0 Å². The molecule has 25 heavy (non-hydrogen) atoms. The number of hydrogen-bond acceptors (Lipinski definition) is 1. The summed E-state index contributed by atoms with van der Waals surface area (Å²) in [6, 6.07) is 6.82. The number of benzene rings is 2. The molecule has 0 aliphatic carbocycles. The van der Waals surface area contributed by atoms with Crippen molar-refractivity contribution < 1.29 is 36.2 Å². The molecule has 0 aliphatic rings. The van der Waals surface area contributed by atoms with E-state index in [1.54, 1.807) is 0 Å². The minimum Gasteiger partial charge on any atom is -0.478 e. The summed E-state index contributed by atoms with van der Waals surface area (Å²) < 4.78 is 77.1. The van der Waals surface area contributed by atoms with Crippen molar-refractivity contribution in [2.75, 3.05) is 0 Å². The van der Waals surface area contributed by atoms with Gasteiger partial charge in [-0.2, -0.15) is 26.3 Å². The fourth-order valence-electron chi connectivity index (χ4n) is 2.14. The van der Waals surface area contributed by atoms with Crippen molar-refractivity contribution in [1.82, 2.24) is 0 Å². The summed E-state index contributed by atoms with van der Waals surface area (Å²) in [5.41, 5.74) is -2.11. The lowest BCUT2D eigenvalue weighted by molar-refractivity contribution is -0.138. The van der Waals surface area contributed by atoms with E-state index in [-0.39, 0.29) is 16.7 Å². The van der Waals surface area contributed by atoms with Crippen molar-refractivity contribution in [3.8, 4) is 11.1 Å². The van der Waals surface area contributed by atoms with E-state index in [1.807, 2.05) is 0 Å². The summed E-state index contributed by atoms with van der Waals surface area (Å²) in [7, 11) is 0. The van der Waals surface area contributed by atoms with Crippen molar-refractivity contribution in [2.45, 2.75) is 12.4 Å². The molecule has 0 heterocycles. The number of aliphatic carboxylic acids is 1. The van der Waals surface area contributed by atoms with Crippen molar-refractivity contribution in [1.29, 1.82) is 0 Å². The standard InChI is InChI=1S/C17H10F6O2/c18-16(19,20)13-6-3-10(4-7-13)12-2-1-11(5-8-15(24)25)14(9-12)17(21,22)23/h1-9H,(H,24,25)/b8-5+. The van der Waals surface area contributed by atoms with E-state index < -0.39 is 29.4 Å².